The zero-order valence-corrected chi connectivity index (χ0v) is 11.9. The van der Waals surface area contributed by atoms with Crippen LogP contribution in [0.5, 0.6) is 0 Å². The average Bonchev–Trinajstić information content (AvgIpc) is 2.43. The lowest BCUT2D eigenvalue weighted by atomic mass is 10.1. The summed E-state index contributed by atoms with van der Waals surface area (Å²) in [7, 11) is -3.55. The molecule has 0 atom stereocenters. The molecule has 0 fully saturated rings. The molecule has 2 aromatic rings. The summed E-state index contributed by atoms with van der Waals surface area (Å²) in [6, 6.07) is 12.5. The van der Waals surface area contributed by atoms with Crippen LogP contribution in [0.2, 0.25) is 0 Å². The van der Waals surface area contributed by atoms with Crippen molar-refractivity contribution < 1.29 is 13.2 Å². The van der Waals surface area contributed by atoms with Crippen molar-refractivity contribution in [3.05, 3.63) is 42.5 Å². The molecular weight excluding hydrogens is 276 g/mol. The second-order valence-electron chi connectivity index (χ2n) is 4.39. The van der Waals surface area contributed by atoms with Gasteiger partial charge >= 0.3 is 0 Å². The van der Waals surface area contributed by atoms with E-state index in [1.54, 1.807) is 18.2 Å². The van der Waals surface area contributed by atoms with Crippen molar-refractivity contribution >= 4 is 26.7 Å². The van der Waals surface area contributed by atoms with Gasteiger partial charge in [-0.05, 0) is 22.9 Å². The quantitative estimate of drug-likeness (QED) is 0.815. The van der Waals surface area contributed by atoms with Crippen molar-refractivity contribution in [3.63, 3.8) is 0 Å². The zero-order chi connectivity index (χ0) is 14.6. The predicted octanol–water partition coefficient (Wildman–Crippen LogP) is 1.25. The second-order valence-corrected chi connectivity index (χ2v) is 6.16. The highest BCUT2D eigenvalue weighted by atomic mass is 32.2. The number of rotatable bonds is 5. The van der Waals surface area contributed by atoms with Gasteiger partial charge in [0.2, 0.25) is 15.9 Å². The lowest BCUT2D eigenvalue weighted by Gasteiger charge is -2.08. The van der Waals surface area contributed by atoms with Crippen molar-refractivity contribution in [3.8, 4) is 0 Å². The normalized spacial score (nSPS) is 11.4. The zero-order valence-electron chi connectivity index (χ0n) is 11.1. The molecule has 2 rings (SSSR count). The largest absolute Gasteiger partial charge is 0.355 e. The predicted molar refractivity (Wildman–Crippen MR) is 77.8 cm³/mol. The minimum absolute atomic E-state index is 0.161. The smallest absolute Gasteiger partial charge is 0.240 e. The highest BCUT2D eigenvalue weighted by Gasteiger charge is 2.13. The van der Waals surface area contributed by atoms with Crippen LogP contribution >= 0.6 is 0 Å². The fraction of sp³-hybridized carbons (Fsp3) is 0.214. The third-order valence-corrected chi connectivity index (χ3v) is 4.28. The minimum atomic E-state index is -3.55. The number of fused-ring (bicyclic) bond motifs is 1. The van der Waals surface area contributed by atoms with E-state index in [4.69, 9.17) is 0 Å². The molecule has 2 aromatic carbocycles. The lowest BCUT2D eigenvalue weighted by molar-refractivity contribution is -0.118. The summed E-state index contributed by atoms with van der Waals surface area (Å²) in [5.41, 5.74) is 0. The van der Waals surface area contributed by atoms with Gasteiger partial charge in [0.25, 0.3) is 0 Å². The highest BCUT2D eigenvalue weighted by Crippen LogP contribution is 2.18. The Hall–Kier alpha value is -1.92. The van der Waals surface area contributed by atoms with E-state index in [-0.39, 0.29) is 23.9 Å². The van der Waals surface area contributed by atoms with E-state index >= 15 is 0 Å². The first-order valence-corrected chi connectivity index (χ1v) is 7.70. The van der Waals surface area contributed by atoms with Gasteiger partial charge in [-0.3, -0.25) is 4.79 Å². The fourth-order valence-corrected chi connectivity index (χ4v) is 2.91. The van der Waals surface area contributed by atoms with E-state index in [0.717, 1.165) is 10.8 Å². The highest BCUT2D eigenvalue weighted by molar-refractivity contribution is 7.89. The fourth-order valence-electron chi connectivity index (χ4n) is 1.84. The minimum Gasteiger partial charge on any atom is -0.355 e. The van der Waals surface area contributed by atoms with Crippen LogP contribution in [-0.2, 0) is 14.8 Å². The summed E-state index contributed by atoms with van der Waals surface area (Å²) in [4.78, 5) is 10.9. The molecule has 106 valence electrons. The second kappa shape index (κ2) is 6.02. The SMILES string of the molecule is CC(=O)NCCNS(=O)(=O)c1ccc2ccccc2c1. The van der Waals surface area contributed by atoms with E-state index in [0.29, 0.717) is 0 Å². The molecule has 20 heavy (non-hydrogen) atoms. The molecule has 0 saturated heterocycles. The first kappa shape index (κ1) is 14.5. The van der Waals surface area contributed by atoms with E-state index < -0.39 is 10.0 Å². The van der Waals surface area contributed by atoms with Gasteiger partial charge in [0, 0.05) is 20.0 Å². The van der Waals surface area contributed by atoms with E-state index in [1.165, 1.54) is 6.92 Å². The summed E-state index contributed by atoms with van der Waals surface area (Å²) in [6.45, 7) is 1.81. The molecule has 0 bridgehead atoms. The van der Waals surface area contributed by atoms with Crippen molar-refractivity contribution in [2.24, 2.45) is 0 Å². The number of benzene rings is 2. The Morgan fingerprint density at radius 1 is 1.05 bits per heavy atom. The molecule has 0 aliphatic carbocycles. The van der Waals surface area contributed by atoms with Gasteiger partial charge in [0.05, 0.1) is 4.90 Å². The van der Waals surface area contributed by atoms with Crippen LogP contribution in [0.1, 0.15) is 6.92 Å². The Balaban J connectivity index is 2.13. The molecule has 0 saturated carbocycles. The summed E-state index contributed by atoms with van der Waals surface area (Å²) in [6.07, 6.45) is 0. The Morgan fingerprint density at radius 2 is 1.75 bits per heavy atom. The summed E-state index contributed by atoms with van der Waals surface area (Å²) >= 11 is 0. The number of hydrogen-bond acceptors (Lipinski definition) is 3. The first-order chi connectivity index (χ1) is 9.49. The Bertz CT molecular complexity index is 726. The molecule has 0 aliphatic heterocycles. The Morgan fingerprint density at radius 3 is 2.45 bits per heavy atom. The molecule has 0 radical (unpaired) electrons. The maximum Gasteiger partial charge on any atom is 0.240 e. The van der Waals surface area contributed by atoms with Gasteiger partial charge in [0.1, 0.15) is 0 Å². The molecule has 0 aliphatic rings. The molecule has 5 nitrogen and oxygen atoms in total. The summed E-state index contributed by atoms with van der Waals surface area (Å²) in [5.74, 6) is -0.185. The van der Waals surface area contributed by atoms with Gasteiger partial charge in [0.15, 0.2) is 0 Å². The van der Waals surface area contributed by atoms with E-state index in [9.17, 15) is 13.2 Å². The van der Waals surface area contributed by atoms with Gasteiger partial charge in [-0.25, -0.2) is 13.1 Å². The topological polar surface area (TPSA) is 75.3 Å². The van der Waals surface area contributed by atoms with Crippen LogP contribution in [0.25, 0.3) is 10.8 Å². The number of sulfonamides is 1. The molecule has 2 N–H and O–H groups in total. The maximum atomic E-state index is 12.1. The van der Waals surface area contributed by atoms with Crippen LogP contribution in [0.15, 0.2) is 47.4 Å². The molecule has 0 unspecified atom stereocenters. The molecule has 6 heteroatoms. The number of amides is 1. The Labute approximate surface area is 118 Å². The average molecular weight is 292 g/mol. The molecule has 0 heterocycles. The summed E-state index contributed by atoms with van der Waals surface area (Å²) < 4.78 is 26.6. The van der Waals surface area contributed by atoms with E-state index in [2.05, 4.69) is 10.0 Å². The van der Waals surface area contributed by atoms with Crippen LogP contribution in [-0.4, -0.2) is 27.4 Å². The Kier molecular flexibility index (Phi) is 4.36. The van der Waals surface area contributed by atoms with Crippen LogP contribution < -0.4 is 10.0 Å². The standard InChI is InChI=1S/C14H16N2O3S/c1-11(17)15-8-9-16-20(18,19)14-7-6-12-4-2-3-5-13(12)10-14/h2-7,10,16H,8-9H2,1H3,(H,15,17). The van der Waals surface area contributed by atoms with Crippen molar-refractivity contribution in [2.75, 3.05) is 13.1 Å². The molecule has 0 spiro atoms. The first-order valence-electron chi connectivity index (χ1n) is 6.22. The van der Waals surface area contributed by atoms with Crippen LogP contribution in [0.4, 0.5) is 0 Å². The third-order valence-electron chi connectivity index (χ3n) is 2.82. The van der Waals surface area contributed by atoms with Crippen molar-refractivity contribution in [1.29, 1.82) is 0 Å². The van der Waals surface area contributed by atoms with Crippen LogP contribution in [0, 0.1) is 0 Å². The number of carbonyl (C=O) groups excluding carboxylic acids is 1. The number of carbonyl (C=O) groups is 1. The maximum absolute atomic E-state index is 12.1. The number of hydrogen-bond donors (Lipinski definition) is 2. The molecular formula is C14H16N2O3S. The van der Waals surface area contributed by atoms with Crippen LogP contribution in [0.3, 0.4) is 0 Å². The third kappa shape index (κ3) is 3.55. The monoisotopic (exact) mass is 292 g/mol. The summed E-state index contributed by atoms with van der Waals surface area (Å²) in [5, 5.41) is 4.40. The van der Waals surface area contributed by atoms with E-state index in [1.807, 2.05) is 24.3 Å². The van der Waals surface area contributed by atoms with Gasteiger partial charge in [-0.2, -0.15) is 0 Å². The van der Waals surface area contributed by atoms with Gasteiger partial charge in [-0.15, -0.1) is 0 Å². The number of nitrogens with one attached hydrogen (secondary N) is 2. The molecule has 1 amide bonds. The lowest BCUT2D eigenvalue weighted by Crippen LogP contribution is -2.33. The van der Waals surface area contributed by atoms with Crippen molar-refractivity contribution in [2.45, 2.75) is 11.8 Å². The van der Waals surface area contributed by atoms with Crippen molar-refractivity contribution in [1.82, 2.24) is 10.0 Å². The van der Waals surface area contributed by atoms with Gasteiger partial charge in [-0.1, -0.05) is 30.3 Å². The molecule has 0 aromatic heterocycles. The van der Waals surface area contributed by atoms with Gasteiger partial charge < -0.3 is 5.32 Å².